The Kier molecular flexibility index (Phi) is 1.56. The topological polar surface area (TPSA) is 38.8 Å². The molecule has 3 rings (SSSR count). The third kappa shape index (κ3) is 1.05. The Morgan fingerprint density at radius 3 is 2.71 bits per heavy atom. The second kappa shape index (κ2) is 2.51. The van der Waals surface area contributed by atoms with Crippen LogP contribution in [-0.2, 0) is 14.3 Å². The van der Waals surface area contributed by atoms with Gasteiger partial charge in [0.2, 0.25) is 0 Å². The van der Waals surface area contributed by atoms with Gasteiger partial charge < -0.3 is 9.47 Å². The van der Waals surface area contributed by atoms with Crippen LogP contribution in [0.4, 0.5) is 0 Å². The molecular weight excluding hydrogens is 180 g/mol. The Balaban J connectivity index is 1.73. The summed E-state index contributed by atoms with van der Waals surface area (Å²) in [5.74, 6) is -0.0952. The molecule has 2 aliphatic carbocycles. The number of ether oxygens (including phenoxy) is 2. The number of epoxide rings is 1. The third-order valence-electron chi connectivity index (χ3n) is 3.77. The van der Waals surface area contributed by atoms with Crippen molar-refractivity contribution in [2.75, 3.05) is 0 Å². The van der Waals surface area contributed by atoms with Crippen molar-refractivity contribution in [3.8, 4) is 0 Å². The Morgan fingerprint density at radius 2 is 2.07 bits per heavy atom. The van der Waals surface area contributed by atoms with Gasteiger partial charge in [0.25, 0.3) is 0 Å². The molecule has 0 aromatic carbocycles. The largest absolute Gasteiger partial charge is 0.460 e. The predicted molar refractivity (Wildman–Crippen MR) is 49.8 cm³/mol. The van der Waals surface area contributed by atoms with Crippen LogP contribution in [0.15, 0.2) is 0 Å². The molecule has 0 spiro atoms. The standard InChI is InChI=1S/C11H16O3/c1-10-6-2-3-7-11(10,14-10)9(12)13-8-4-5-8/h8H,2-7H2,1H3. The average Bonchev–Trinajstić information content (AvgIpc) is 2.98. The van der Waals surface area contributed by atoms with Crippen molar-refractivity contribution in [1.29, 1.82) is 0 Å². The maximum absolute atomic E-state index is 11.9. The highest BCUT2D eigenvalue weighted by Gasteiger charge is 2.73. The van der Waals surface area contributed by atoms with Gasteiger partial charge in [-0.15, -0.1) is 0 Å². The van der Waals surface area contributed by atoms with E-state index in [1.807, 2.05) is 6.92 Å². The number of carbonyl (C=O) groups excluding carboxylic acids is 1. The third-order valence-corrected chi connectivity index (χ3v) is 3.77. The van der Waals surface area contributed by atoms with Gasteiger partial charge in [0.15, 0.2) is 5.60 Å². The van der Waals surface area contributed by atoms with Crippen molar-refractivity contribution in [1.82, 2.24) is 0 Å². The summed E-state index contributed by atoms with van der Waals surface area (Å²) >= 11 is 0. The van der Waals surface area contributed by atoms with E-state index in [4.69, 9.17) is 9.47 Å². The second-order valence-electron chi connectivity index (χ2n) is 4.97. The van der Waals surface area contributed by atoms with Gasteiger partial charge in [-0.05, 0) is 39.0 Å². The predicted octanol–water partition coefficient (Wildman–Crippen LogP) is 1.79. The molecule has 1 saturated heterocycles. The quantitative estimate of drug-likeness (QED) is 0.499. The number of rotatable bonds is 2. The van der Waals surface area contributed by atoms with Crippen LogP contribution in [0.1, 0.15) is 45.4 Å². The van der Waals surface area contributed by atoms with Crippen molar-refractivity contribution < 1.29 is 14.3 Å². The monoisotopic (exact) mass is 196 g/mol. The Hall–Kier alpha value is -0.570. The summed E-state index contributed by atoms with van der Waals surface area (Å²) in [4.78, 5) is 11.9. The molecule has 0 aromatic heterocycles. The van der Waals surface area contributed by atoms with E-state index in [-0.39, 0.29) is 17.7 Å². The molecule has 78 valence electrons. The van der Waals surface area contributed by atoms with Crippen LogP contribution < -0.4 is 0 Å². The fraction of sp³-hybridized carbons (Fsp3) is 0.909. The highest BCUT2D eigenvalue weighted by molar-refractivity contribution is 5.85. The molecule has 0 radical (unpaired) electrons. The molecule has 3 nitrogen and oxygen atoms in total. The zero-order valence-corrected chi connectivity index (χ0v) is 8.54. The molecule has 0 N–H and O–H groups in total. The molecule has 1 aliphatic heterocycles. The molecule has 2 saturated carbocycles. The summed E-state index contributed by atoms with van der Waals surface area (Å²) < 4.78 is 11.0. The molecule has 3 aliphatic rings. The van der Waals surface area contributed by atoms with E-state index >= 15 is 0 Å². The lowest BCUT2D eigenvalue weighted by atomic mass is 9.80. The minimum atomic E-state index is -0.548. The lowest BCUT2D eigenvalue weighted by Crippen LogP contribution is -2.37. The van der Waals surface area contributed by atoms with Crippen molar-refractivity contribution in [2.24, 2.45) is 0 Å². The lowest BCUT2D eigenvalue weighted by molar-refractivity contribution is -0.152. The Bertz CT molecular complexity index is 280. The van der Waals surface area contributed by atoms with Crippen LogP contribution >= 0.6 is 0 Å². The van der Waals surface area contributed by atoms with Crippen LogP contribution in [-0.4, -0.2) is 23.3 Å². The first-order valence-corrected chi connectivity index (χ1v) is 5.58. The van der Waals surface area contributed by atoms with E-state index < -0.39 is 5.60 Å². The summed E-state index contributed by atoms with van der Waals surface area (Å²) in [6.07, 6.45) is 6.41. The number of fused-ring (bicyclic) bond motifs is 1. The van der Waals surface area contributed by atoms with E-state index in [2.05, 4.69) is 0 Å². The smallest absolute Gasteiger partial charge is 0.341 e. The van der Waals surface area contributed by atoms with E-state index in [0.29, 0.717) is 0 Å². The van der Waals surface area contributed by atoms with Gasteiger partial charge in [0.1, 0.15) is 11.7 Å². The average molecular weight is 196 g/mol. The molecule has 0 aromatic rings. The highest BCUT2D eigenvalue weighted by atomic mass is 16.7. The van der Waals surface area contributed by atoms with Crippen molar-refractivity contribution >= 4 is 5.97 Å². The highest BCUT2D eigenvalue weighted by Crippen LogP contribution is 2.58. The van der Waals surface area contributed by atoms with Crippen molar-refractivity contribution in [2.45, 2.75) is 62.8 Å². The molecule has 14 heavy (non-hydrogen) atoms. The molecular formula is C11H16O3. The summed E-state index contributed by atoms with van der Waals surface area (Å²) in [5, 5.41) is 0. The molecule has 2 unspecified atom stereocenters. The number of esters is 1. The fourth-order valence-corrected chi connectivity index (χ4v) is 2.56. The van der Waals surface area contributed by atoms with Gasteiger partial charge in [-0.25, -0.2) is 4.79 Å². The van der Waals surface area contributed by atoms with Crippen LogP contribution in [0.5, 0.6) is 0 Å². The summed E-state index contributed by atoms with van der Waals surface area (Å²) in [6.45, 7) is 2.04. The maximum Gasteiger partial charge on any atom is 0.341 e. The van der Waals surface area contributed by atoms with Gasteiger partial charge in [0, 0.05) is 0 Å². The normalized spacial score (nSPS) is 45.5. The number of hydrogen-bond acceptors (Lipinski definition) is 3. The van der Waals surface area contributed by atoms with Gasteiger partial charge >= 0.3 is 5.97 Å². The SMILES string of the molecule is CC12CCCCC1(C(=O)OC1CC1)O2. The number of hydrogen-bond donors (Lipinski definition) is 0. The van der Waals surface area contributed by atoms with Crippen LogP contribution in [0.3, 0.4) is 0 Å². The Morgan fingerprint density at radius 1 is 1.36 bits per heavy atom. The van der Waals surface area contributed by atoms with Crippen molar-refractivity contribution in [3.63, 3.8) is 0 Å². The first kappa shape index (κ1) is 8.72. The summed E-state index contributed by atoms with van der Waals surface area (Å²) in [7, 11) is 0. The van der Waals surface area contributed by atoms with Gasteiger partial charge in [-0.1, -0.05) is 6.42 Å². The second-order valence-corrected chi connectivity index (χ2v) is 4.97. The van der Waals surface area contributed by atoms with Crippen molar-refractivity contribution in [3.05, 3.63) is 0 Å². The van der Waals surface area contributed by atoms with E-state index in [1.54, 1.807) is 0 Å². The fourth-order valence-electron chi connectivity index (χ4n) is 2.56. The minimum Gasteiger partial charge on any atom is -0.460 e. The van der Waals surface area contributed by atoms with Gasteiger partial charge in [0.05, 0.1) is 0 Å². The molecule has 2 atom stereocenters. The molecule has 0 bridgehead atoms. The zero-order valence-electron chi connectivity index (χ0n) is 8.54. The summed E-state index contributed by atoms with van der Waals surface area (Å²) in [6, 6.07) is 0. The first-order valence-electron chi connectivity index (χ1n) is 5.58. The molecule has 3 heteroatoms. The van der Waals surface area contributed by atoms with E-state index in [0.717, 1.165) is 32.1 Å². The van der Waals surface area contributed by atoms with Gasteiger partial charge in [-0.2, -0.15) is 0 Å². The first-order chi connectivity index (χ1) is 6.66. The summed E-state index contributed by atoms with van der Waals surface area (Å²) in [5.41, 5.74) is -0.745. The Labute approximate surface area is 83.8 Å². The minimum absolute atomic E-state index is 0.0952. The maximum atomic E-state index is 11.9. The molecule has 3 fully saturated rings. The van der Waals surface area contributed by atoms with E-state index in [1.165, 1.54) is 6.42 Å². The number of carbonyl (C=O) groups is 1. The van der Waals surface area contributed by atoms with Gasteiger partial charge in [-0.3, -0.25) is 0 Å². The van der Waals surface area contributed by atoms with Crippen LogP contribution in [0.2, 0.25) is 0 Å². The zero-order chi connectivity index (χ0) is 9.81. The molecule has 0 amide bonds. The van der Waals surface area contributed by atoms with E-state index in [9.17, 15) is 4.79 Å². The van der Waals surface area contributed by atoms with Crippen LogP contribution in [0, 0.1) is 0 Å². The lowest BCUT2D eigenvalue weighted by Gasteiger charge is -2.20. The molecule has 1 heterocycles. The van der Waals surface area contributed by atoms with Crippen LogP contribution in [0.25, 0.3) is 0 Å².